The predicted octanol–water partition coefficient (Wildman–Crippen LogP) is 2.87. The van der Waals surface area contributed by atoms with Crippen LogP contribution in [0, 0.1) is 16.7 Å². The van der Waals surface area contributed by atoms with Crippen LogP contribution >= 0.6 is 0 Å². The first-order chi connectivity index (χ1) is 8.78. The molecule has 3 nitrogen and oxygen atoms in total. The highest BCUT2D eigenvalue weighted by Crippen LogP contribution is 2.47. The molecule has 0 aromatic heterocycles. The number of ether oxygens (including phenoxy) is 1. The van der Waals surface area contributed by atoms with Crippen molar-refractivity contribution >= 4 is 0 Å². The molecule has 1 aliphatic rings. The van der Waals surface area contributed by atoms with E-state index >= 15 is 0 Å². The summed E-state index contributed by atoms with van der Waals surface area (Å²) < 4.78 is 5.47. The van der Waals surface area contributed by atoms with Gasteiger partial charge in [-0.15, -0.1) is 0 Å². The molecule has 1 N–H and O–H groups in total. The van der Waals surface area contributed by atoms with E-state index in [0.29, 0.717) is 13.0 Å². The minimum Gasteiger partial charge on any atom is -0.494 e. The van der Waals surface area contributed by atoms with E-state index in [9.17, 15) is 0 Å². The summed E-state index contributed by atoms with van der Waals surface area (Å²) in [5, 5.41) is 12.2. The van der Waals surface area contributed by atoms with E-state index in [1.165, 1.54) is 18.4 Å². The van der Waals surface area contributed by atoms with Crippen molar-refractivity contribution in [2.75, 3.05) is 13.2 Å². The van der Waals surface area contributed by atoms with Crippen molar-refractivity contribution in [2.24, 2.45) is 5.41 Å². The number of rotatable bonds is 7. The van der Waals surface area contributed by atoms with Crippen molar-refractivity contribution in [1.29, 1.82) is 5.26 Å². The molecule has 1 saturated carbocycles. The third-order valence-corrected chi connectivity index (χ3v) is 3.45. The Balaban J connectivity index is 1.80. The Hall–Kier alpha value is -1.53. The lowest BCUT2D eigenvalue weighted by atomic mass is 10.0. The minimum absolute atomic E-state index is 0.270. The van der Waals surface area contributed by atoms with Crippen LogP contribution < -0.4 is 10.1 Å². The van der Waals surface area contributed by atoms with E-state index in [-0.39, 0.29) is 5.41 Å². The molecule has 0 saturated heterocycles. The van der Waals surface area contributed by atoms with Crippen LogP contribution in [-0.4, -0.2) is 13.2 Å². The maximum absolute atomic E-state index is 8.76. The molecule has 0 atom stereocenters. The zero-order chi connectivity index (χ0) is 12.8. The Morgan fingerprint density at radius 3 is 2.94 bits per heavy atom. The van der Waals surface area contributed by atoms with Crippen LogP contribution in [0.15, 0.2) is 24.3 Å². The number of hydrogen-bond acceptors (Lipinski definition) is 3. The maximum Gasteiger partial charge on any atom is 0.119 e. The molecule has 1 aromatic rings. The summed E-state index contributed by atoms with van der Waals surface area (Å²) >= 11 is 0. The van der Waals surface area contributed by atoms with Gasteiger partial charge < -0.3 is 10.1 Å². The lowest BCUT2D eigenvalue weighted by molar-refractivity contribution is 0.339. The summed E-state index contributed by atoms with van der Waals surface area (Å²) in [7, 11) is 0. The van der Waals surface area contributed by atoms with Gasteiger partial charge in [-0.2, -0.15) is 5.26 Å². The van der Waals surface area contributed by atoms with Crippen LogP contribution in [0.5, 0.6) is 5.75 Å². The molecule has 2 rings (SSSR count). The zero-order valence-electron chi connectivity index (χ0n) is 10.9. The smallest absolute Gasteiger partial charge is 0.119 e. The molecule has 1 aromatic carbocycles. The zero-order valence-corrected chi connectivity index (χ0v) is 10.9. The van der Waals surface area contributed by atoms with E-state index in [2.05, 4.69) is 23.5 Å². The van der Waals surface area contributed by atoms with Gasteiger partial charge in [0, 0.05) is 19.5 Å². The van der Waals surface area contributed by atoms with Crippen LogP contribution in [-0.2, 0) is 6.54 Å². The van der Waals surface area contributed by atoms with Gasteiger partial charge >= 0.3 is 0 Å². The Bertz CT molecular complexity index is 432. The quantitative estimate of drug-likeness (QED) is 0.802. The fourth-order valence-electron chi connectivity index (χ4n) is 2.14. The molecule has 0 radical (unpaired) electrons. The van der Waals surface area contributed by atoms with Crippen LogP contribution in [0.2, 0.25) is 0 Å². The fraction of sp³-hybridized carbons (Fsp3) is 0.533. The van der Waals surface area contributed by atoms with E-state index in [1.807, 2.05) is 19.1 Å². The van der Waals surface area contributed by atoms with Crippen LogP contribution in [0.25, 0.3) is 0 Å². The van der Waals surface area contributed by atoms with Gasteiger partial charge in [0.05, 0.1) is 12.7 Å². The average Bonchev–Trinajstić information content (AvgIpc) is 3.11. The molecule has 18 heavy (non-hydrogen) atoms. The van der Waals surface area contributed by atoms with Crippen LogP contribution in [0.4, 0.5) is 0 Å². The standard InChI is InChI=1S/C15H20N2O/c1-2-18-14-5-3-4-13(10-14)11-17-12-15(6-7-15)8-9-16/h3-5,10,17H,2,6-8,11-12H2,1H3. The van der Waals surface area contributed by atoms with Crippen molar-refractivity contribution in [3.05, 3.63) is 29.8 Å². The molecule has 1 aliphatic carbocycles. The summed E-state index contributed by atoms with van der Waals surface area (Å²) in [6.07, 6.45) is 3.05. The molecule has 0 bridgehead atoms. The molecule has 3 heteroatoms. The van der Waals surface area contributed by atoms with Gasteiger partial charge in [-0.1, -0.05) is 12.1 Å². The van der Waals surface area contributed by atoms with Gasteiger partial charge in [-0.05, 0) is 42.9 Å². The normalized spacial score (nSPS) is 16.0. The highest BCUT2D eigenvalue weighted by Gasteiger charge is 2.41. The molecular weight excluding hydrogens is 224 g/mol. The van der Waals surface area contributed by atoms with Crippen LogP contribution in [0.3, 0.4) is 0 Å². The first-order valence-electron chi connectivity index (χ1n) is 6.57. The molecule has 0 amide bonds. The summed E-state index contributed by atoms with van der Waals surface area (Å²) in [6, 6.07) is 10.4. The molecule has 96 valence electrons. The Kier molecular flexibility index (Phi) is 4.22. The topological polar surface area (TPSA) is 45.0 Å². The number of nitrogens with zero attached hydrogens (tertiary/aromatic N) is 1. The monoisotopic (exact) mass is 244 g/mol. The van der Waals surface area contributed by atoms with Gasteiger partial charge in [0.25, 0.3) is 0 Å². The Morgan fingerprint density at radius 2 is 2.28 bits per heavy atom. The second-order valence-corrected chi connectivity index (χ2v) is 5.02. The maximum atomic E-state index is 8.76. The van der Waals surface area contributed by atoms with Crippen molar-refractivity contribution < 1.29 is 4.74 Å². The summed E-state index contributed by atoms with van der Waals surface area (Å²) in [5.74, 6) is 0.926. The number of nitriles is 1. The molecule has 0 aliphatic heterocycles. The molecule has 0 spiro atoms. The van der Waals surface area contributed by atoms with E-state index in [4.69, 9.17) is 10.00 Å². The third-order valence-electron chi connectivity index (χ3n) is 3.45. The third kappa shape index (κ3) is 3.48. The van der Waals surface area contributed by atoms with E-state index < -0.39 is 0 Å². The fourth-order valence-corrected chi connectivity index (χ4v) is 2.14. The second-order valence-electron chi connectivity index (χ2n) is 5.02. The average molecular weight is 244 g/mol. The summed E-state index contributed by atoms with van der Waals surface area (Å²) in [4.78, 5) is 0. The minimum atomic E-state index is 0.270. The highest BCUT2D eigenvalue weighted by molar-refractivity contribution is 5.28. The lowest BCUT2D eigenvalue weighted by Crippen LogP contribution is -2.23. The van der Waals surface area contributed by atoms with Gasteiger partial charge in [-0.25, -0.2) is 0 Å². The molecule has 1 fully saturated rings. The number of hydrogen-bond donors (Lipinski definition) is 1. The summed E-state index contributed by atoms with van der Waals surface area (Å²) in [6.45, 7) is 4.47. The van der Waals surface area contributed by atoms with Gasteiger partial charge in [-0.3, -0.25) is 0 Å². The predicted molar refractivity (Wildman–Crippen MR) is 71.2 cm³/mol. The molecular formula is C15H20N2O. The SMILES string of the molecule is CCOc1cccc(CNCC2(CC#N)CC2)c1. The molecule has 0 unspecified atom stereocenters. The van der Waals surface area contributed by atoms with Gasteiger partial charge in [0.2, 0.25) is 0 Å². The van der Waals surface area contributed by atoms with Crippen molar-refractivity contribution in [2.45, 2.75) is 32.7 Å². The van der Waals surface area contributed by atoms with E-state index in [1.54, 1.807) is 0 Å². The number of benzene rings is 1. The largest absolute Gasteiger partial charge is 0.494 e. The van der Waals surface area contributed by atoms with Gasteiger partial charge in [0.1, 0.15) is 5.75 Å². The molecule has 0 heterocycles. The van der Waals surface area contributed by atoms with Gasteiger partial charge in [0.15, 0.2) is 0 Å². The van der Waals surface area contributed by atoms with Crippen LogP contribution in [0.1, 0.15) is 31.7 Å². The number of nitrogens with one attached hydrogen (secondary N) is 1. The summed E-state index contributed by atoms with van der Waals surface area (Å²) in [5.41, 5.74) is 1.50. The lowest BCUT2D eigenvalue weighted by Gasteiger charge is -2.12. The highest BCUT2D eigenvalue weighted by atomic mass is 16.5. The van der Waals surface area contributed by atoms with E-state index in [0.717, 1.165) is 18.8 Å². The first kappa shape index (κ1) is 12.9. The second kappa shape index (κ2) is 5.88. The Morgan fingerprint density at radius 1 is 1.44 bits per heavy atom. The Labute approximate surface area is 109 Å². The van der Waals surface area contributed by atoms with Crippen molar-refractivity contribution in [3.63, 3.8) is 0 Å². The van der Waals surface area contributed by atoms with Crippen molar-refractivity contribution in [1.82, 2.24) is 5.32 Å². The first-order valence-corrected chi connectivity index (χ1v) is 6.57. The van der Waals surface area contributed by atoms with Crippen molar-refractivity contribution in [3.8, 4) is 11.8 Å².